The van der Waals surface area contributed by atoms with E-state index in [-0.39, 0.29) is 23.7 Å². The third-order valence-electron chi connectivity index (χ3n) is 5.16. The molecule has 0 spiro atoms. The Labute approximate surface area is 182 Å². The molecular formula is C23H31N3O3S. The number of ether oxygens (including phenoxy) is 1. The van der Waals surface area contributed by atoms with Crippen molar-refractivity contribution >= 4 is 23.0 Å². The largest absolute Gasteiger partial charge is 0.484 e. The van der Waals surface area contributed by atoms with Crippen LogP contribution in [0, 0.1) is 0 Å². The zero-order valence-corrected chi connectivity index (χ0v) is 19.1. The van der Waals surface area contributed by atoms with Crippen LogP contribution in [0.2, 0.25) is 0 Å². The van der Waals surface area contributed by atoms with E-state index in [1.54, 1.807) is 35.6 Å². The molecule has 1 amide bonds. The van der Waals surface area contributed by atoms with Crippen LogP contribution in [0.3, 0.4) is 0 Å². The molecule has 2 aromatic rings. The Kier molecular flexibility index (Phi) is 7.26. The number of hydrogen-bond acceptors (Lipinski definition) is 6. The summed E-state index contributed by atoms with van der Waals surface area (Å²) in [6.45, 7) is 12.3. The number of benzene rings is 1. The summed E-state index contributed by atoms with van der Waals surface area (Å²) >= 11 is 1.72. The summed E-state index contributed by atoms with van der Waals surface area (Å²) in [5, 5.41) is 3.31. The fraction of sp³-hybridized carbons (Fsp3) is 0.522. The van der Waals surface area contributed by atoms with E-state index >= 15 is 0 Å². The number of Topliss-reactive ketones (excluding diaryl/α,β-unsaturated/α-hetero) is 1. The number of carbonyl (C=O) groups is 2. The summed E-state index contributed by atoms with van der Waals surface area (Å²) in [4.78, 5) is 33.1. The highest BCUT2D eigenvalue weighted by Gasteiger charge is 2.23. The van der Waals surface area contributed by atoms with Gasteiger partial charge in [0.15, 0.2) is 12.4 Å². The molecule has 30 heavy (non-hydrogen) atoms. The molecule has 1 saturated heterocycles. The van der Waals surface area contributed by atoms with Gasteiger partial charge < -0.3 is 9.64 Å². The molecule has 0 saturated carbocycles. The number of piperazine rings is 1. The topological polar surface area (TPSA) is 62.7 Å². The van der Waals surface area contributed by atoms with Crippen LogP contribution in [0.1, 0.15) is 55.2 Å². The van der Waals surface area contributed by atoms with E-state index < -0.39 is 0 Å². The predicted molar refractivity (Wildman–Crippen MR) is 119 cm³/mol. The Balaban J connectivity index is 1.43. The molecule has 1 fully saturated rings. The standard InChI is InChI=1S/C23H31N3O3S/c1-5-20(27)17-6-8-19(9-7-17)29-15-21(28)26-12-10-25(11-13-26)14-18-16-30-22(24-18)23(2,3)4/h6-9,16H,5,10-15H2,1-4H3. The second-order valence-corrected chi connectivity index (χ2v) is 9.50. The van der Waals surface area contributed by atoms with Crippen LogP contribution < -0.4 is 4.74 Å². The van der Waals surface area contributed by atoms with Gasteiger partial charge in [-0.1, -0.05) is 27.7 Å². The van der Waals surface area contributed by atoms with E-state index in [9.17, 15) is 9.59 Å². The molecule has 0 radical (unpaired) electrons. The van der Waals surface area contributed by atoms with Crippen molar-refractivity contribution in [1.29, 1.82) is 0 Å². The van der Waals surface area contributed by atoms with Crippen molar-refractivity contribution in [2.24, 2.45) is 0 Å². The van der Waals surface area contributed by atoms with Crippen molar-refractivity contribution in [3.8, 4) is 5.75 Å². The maximum absolute atomic E-state index is 12.5. The second kappa shape index (κ2) is 9.71. The van der Waals surface area contributed by atoms with Crippen LogP contribution in [-0.4, -0.2) is 59.3 Å². The van der Waals surface area contributed by atoms with E-state index in [4.69, 9.17) is 9.72 Å². The molecule has 162 valence electrons. The van der Waals surface area contributed by atoms with E-state index in [0.29, 0.717) is 30.8 Å². The zero-order valence-electron chi connectivity index (χ0n) is 18.3. The van der Waals surface area contributed by atoms with Crippen LogP contribution in [0.25, 0.3) is 0 Å². The summed E-state index contributed by atoms with van der Waals surface area (Å²) in [6.07, 6.45) is 0.477. The van der Waals surface area contributed by atoms with E-state index in [1.165, 1.54) is 0 Å². The molecule has 6 nitrogen and oxygen atoms in total. The van der Waals surface area contributed by atoms with Gasteiger partial charge in [0.25, 0.3) is 5.91 Å². The average Bonchev–Trinajstić information content (AvgIpc) is 3.21. The van der Waals surface area contributed by atoms with Crippen LogP contribution in [0.5, 0.6) is 5.75 Å². The Morgan fingerprint density at radius 1 is 1.10 bits per heavy atom. The van der Waals surface area contributed by atoms with Crippen LogP contribution >= 0.6 is 11.3 Å². The van der Waals surface area contributed by atoms with Gasteiger partial charge in [-0.3, -0.25) is 14.5 Å². The van der Waals surface area contributed by atoms with Crippen LogP contribution in [-0.2, 0) is 16.8 Å². The van der Waals surface area contributed by atoms with Gasteiger partial charge in [-0.15, -0.1) is 11.3 Å². The van der Waals surface area contributed by atoms with Crippen molar-refractivity contribution in [2.75, 3.05) is 32.8 Å². The first-order valence-corrected chi connectivity index (χ1v) is 11.4. The number of rotatable bonds is 7. The minimum Gasteiger partial charge on any atom is -0.484 e. The lowest BCUT2D eigenvalue weighted by Gasteiger charge is -2.34. The predicted octanol–water partition coefficient (Wildman–Crippen LogP) is 3.76. The lowest BCUT2D eigenvalue weighted by Crippen LogP contribution is -2.49. The van der Waals surface area contributed by atoms with Gasteiger partial charge in [0.2, 0.25) is 0 Å². The minimum atomic E-state index is -0.00737. The van der Waals surface area contributed by atoms with Gasteiger partial charge in [0.1, 0.15) is 5.75 Å². The van der Waals surface area contributed by atoms with E-state index in [2.05, 4.69) is 31.1 Å². The lowest BCUT2D eigenvalue weighted by molar-refractivity contribution is -0.135. The first-order chi connectivity index (χ1) is 14.3. The fourth-order valence-electron chi connectivity index (χ4n) is 3.29. The third kappa shape index (κ3) is 5.89. The Hall–Kier alpha value is -2.25. The SMILES string of the molecule is CCC(=O)c1ccc(OCC(=O)N2CCN(Cc3csc(C(C)(C)C)n3)CC2)cc1. The molecule has 1 aromatic carbocycles. The van der Waals surface area contributed by atoms with Crippen molar-refractivity contribution in [3.05, 3.63) is 45.9 Å². The third-order valence-corrected chi connectivity index (χ3v) is 6.48. The molecule has 2 heterocycles. The molecule has 0 atom stereocenters. The number of nitrogens with zero attached hydrogens (tertiary/aromatic N) is 3. The molecule has 0 N–H and O–H groups in total. The van der Waals surface area contributed by atoms with Crippen LogP contribution in [0.4, 0.5) is 0 Å². The quantitative estimate of drug-likeness (QED) is 0.627. The molecular weight excluding hydrogens is 398 g/mol. The average molecular weight is 430 g/mol. The van der Waals surface area contributed by atoms with Gasteiger partial charge in [0.05, 0.1) is 10.7 Å². The highest BCUT2D eigenvalue weighted by molar-refractivity contribution is 7.09. The Bertz CT molecular complexity index is 863. The lowest BCUT2D eigenvalue weighted by atomic mass is 9.98. The van der Waals surface area contributed by atoms with Gasteiger partial charge in [-0.25, -0.2) is 4.98 Å². The van der Waals surface area contributed by atoms with Crippen molar-refractivity contribution < 1.29 is 14.3 Å². The number of ketones is 1. The van der Waals surface area contributed by atoms with E-state index in [0.717, 1.165) is 30.3 Å². The number of aromatic nitrogens is 1. The molecule has 1 aliphatic rings. The second-order valence-electron chi connectivity index (χ2n) is 8.64. The normalized spacial score (nSPS) is 15.3. The summed E-state index contributed by atoms with van der Waals surface area (Å²) in [5.41, 5.74) is 1.86. The number of hydrogen-bond donors (Lipinski definition) is 0. The highest BCUT2D eigenvalue weighted by atomic mass is 32.1. The Morgan fingerprint density at radius 2 is 1.77 bits per heavy atom. The van der Waals surface area contributed by atoms with Gasteiger partial charge >= 0.3 is 0 Å². The maximum Gasteiger partial charge on any atom is 0.260 e. The summed E-state index contributed by atoms with van der Waals surface area (Å²) in [7, 11) is 0. The smallest absolute Gasteiger partial charge is 0.260 e. The monoisotopic (exact) mass is 429 g/mol. The molecule has 1 aliphatic heterocycles. The summed E-state index contributed by atoms with van der Waals surface area (Å²) in [6, 6.07) is 6.98. The summed E-state index contributed by atoms with van der Waals surface area (Å²) < 4.78 is 5.62. The molecule has 7 heteroatoms. The van der Waals surface area contributed by atoms with Gasteiger partial charge in [-0.2, -0.15) is 0 Å². The molecule has 0 unspecified atom stereocenters. The molecule has 1 aromatic heterocycles. The van der Waals surface area contributed by atoms with Crippen LogP contribution in [0.15, 0.2) is 29.6 Å². The maximum atomic E-state index is 12.5. The first kappa shape index (κ1) is 22.4. The number of thiazole rings is 1. The number of amides is 1. The summed E-state index contributed by atoms with van der Waals surface area (Å²) in [5.74, 6) is 0.697. The molecule has 3 rings (SSSR count). The fourth-order valence-corrected chi connectivity index (χ4v) is 4.18. The Morgan fingerprint density at radius 3 is 2.33 bits per heavy atom. The van der Waals surface area contributed by atoms with Crippen molar-refractivity contribution in [1.82, 2.24) is 14.8 Å². The van der Waals surface area contributed by atoms with E-state index in [1.807, 2.05) is 11.8 Å². The molecule has 0 aliphatic carbocycles. The highest BCUT2D eigenvalue weighted by Crippen LogP contribution is 2.26. The molecule has 0 bridgehead atoms. The van der Waals surface area contributed by atoms with Gasteiger partial charge in [-0.05, 0) is 24.3 Å². The minimum absolute atomic E-state index is 0.00737. The number of carbonyl (C=O) groups excluding carboxylic acids is 2. The van der Waals surface area contributed by atoms with Gasteiger partial charge in [0, 0.05) is 55.5 Å². The van der Waals surface area contributed by atoms with Crippen molar-refractivity contribution in [2.45, 2.75) is 46.1 Å². The zero-order chi connectivity index (χ0) is 21.7. The first-order valence-electron chi connectivity index (χ1n) is 10.5. The van der Waals surface area contributed by atoms with Crippen molar-refractivity contribution in [3.63, 3.8) is 0 Å².